The molecule has 3 N–H and O–H groups in total. The molecular formula is C21H29IN6O. The number of benzene rings is 1. The van der Waals surface area contributed by atoms with Gasteiger partial charge in [-0.2, -0.15) is 0 Å². The number of halogens is 1. The molecule has 0 saturated carbocycles. The van der Waals surface area contributed by atoms with Crippen LogP contribution in [0.1, 0.15) is 37.3 Å². The fourth-order valence-electron chi connectivity index (χ4n) is 3.00. The molecule has 0 aliphatic heterocycles. The highest BCUT2D eigenvalue weighted by atomic mass is 127. The summed E-state index contributed by atoms with van der Waals surface area (Å²) in [5.74, 6) is 1.73. The molecule has 1 atom stereocenters. The molecule has 3 rings (SSSR count). The van der Waals surface area contributed by atoms with Crippen molar-refractivity contribution in [2.45, 2.75) is 32.3 Å². The Balaban J connectivity index is 0.00000300. The average molecular weight is 508 g/mol. The summed E-state index contributed by atoms with van der Waals surface area (Å²) in [5.41, 5.74) is 1.81. The molecule has 2 aromatic heterocycles. The van der Waals surface area contributed by atoms with E-state index in [9.17, 15) is 5.11 Å². The molecule has 0 radical (unpaired) electrons. The van der Waals surface area contributed by atoms with E-state index in [1.54, 1.807) is 0 Å². The zero-order chi connectivity index (χ0) is 19.6. The third-order valence-electron chi connectivity index (χ3n) is 4.45. The van der Waals surface area contributed by atoms with Gasteiger partial charge in [-0.15, -0.1) is 34.2 Å². The molecule has 7 nitrogen and oxygen atoms in total. The van der Waals surface area contributed by atoms with E-state index < -0.39 is 6.10 Å². The van der Waals surface area contributed by atoms with Crippen LogP contribution < -0.4 is 10.6 Å². The Kier molecular flexibility index (Phi) is 9.85. The Morgan fingerprint density at radius 1 is 1.10 bits per heavy atom. The summed E-state index contributed by atoms with van der Waals surface area (Å²) >= 11 is 0. The van der Waals surface area contributed by atoms with Crippen molar-refractivity contribution in [3.63, 3.8) is 0 Å². The van der Waals surface area contributed by atoms with Crippen LogP contribution in [0, 0.1) is 0 Å². The molecule has 1 unspecified atom stereocenters. The number of pyridine rings is 1. The molecule has 1 aromatic carbocycles. The summed E-state index contributed by atoms with van der Waals surface area (Å²) in [4.78, 5) is 4.62. The van der Waals surface area contributed by atoms with E-state index in [0.717, 1.165) is 42.4 Å². The molecule has 8 heteroatoms. The van der Waals surface area contributed by atoms with Crippen molar-refractivity contribution in [3.8, 4) is 0 Å². The fraction of sp³-hybridized carbons (Fsp3) is 0.381. The predicted molar refractivity (Wildman–Crippen MR) is 127 cm³/mol. The van der Waals surface area contributed by atoms with Crippen LogP contribution in [-0.2, 0) is 6.42 Å². The molecule has 0 amide bonds. The molecular weight excluding hydrogens is 479 g/mol. The van der Waals surface area contributed by atoms with Crippen LogP contribution in [-0.4, -0.2) is 45.3 Å². The quantitative estimate of drug-likeness (QED) is 0.179. The number of nitrogens with one attached hydrogen (secondary N) is 2. The molecule has 3 aromatic rings. The van der Waals surface area contributed by atoms with E-state index in [0.29, 0.717) is 19.5 Å². The standard InChI is InChI=1S/C21H28N6O.HI/c1-2-22-21(24-15-13-18(28)17-9-4-3-5-10-17)23-14-8-12-20-26-25-19-11-6-7-16-27(19)20;/h3-7,9-11,16,18,28H,2,8,12-15H2,1H3,(H2,22,23,24);1H. The van der Waals surface area contributed by atoms with E-state index >= 15 is 0 Å². The van der Waals surface area contributed by atoms with Gasteiger partial charge in [-0.25, -0.2) is 0 Å². The number of hydrogen-bond donors (Lipinski definition) is 3. The van der Waals surface area contributed by atoms with Crippen molar-refractivity contribution in [3.05, 3.63) is 66.1 Å². The number of aliphatic hydroxyl groups is 1. The van der Waals surface area contributed by atoms with Crippen molar-refractivity contribution < 1.29 is 5.11 Å². The lowest BCUT2D eigenvalue weighted by Crippen LogP contribution is -2.38. The minimum Gasteiger partial charge on any atom is -0.388 e. The van der Waals surface area contributed by atoms with Crippen molar-refractivity contribution in [1.29, 1.82) is 0 Å². The van der Waals surface area contributed by atoms with Crippen molar-refractivity contribution >= 4 is 35.6 Å². The average Bonchev–Trinajstić information content (AvgIpc) is 3.15. The molecule has 0 spiro atoms. The maximum Gasteiger partial charge on any atom is 0.191 e. The van der Waals surface area contributed by atoms with Gasteiger partial charge in [0.05, 0.1) is 6.10 Å². The Morgan fingerprint density at radius 3 is 2.69 bits per heavy atom. The summed E-state index contributed by atoms with van der Waals surface area (Å²) in [5, 5.41) is 25.2. The van der Waals surface area contributed by atoms with Gasteiger partial charge in [0.2, 0.25) is 0 Å². The van der Waals surface area contributed by atoms with E-state index in [2.05, 4.69) is 25.8 Å². The zero-order valence-electron chi connectivity index (χ0n) is 16.7. The third-order valence-corrected chi connectivity index (χ3v) is 4.45. The van der Waals surface area contributed by atoms with Gasteiger partial charge in [0.25, 0.3) is 0 Å². The lowest BCUT2D eigenvalue weighted by Gasteiger charge is -2.14. The van der Waals surface area contributed by atoms with Gasteiger partial charge in [0.1, 0.15) is 5.82 Å². The minimum absolute atomic E-state index is 0. The molecule has 156 valence electrons. The summed E-state index contributed by atoms with van der Waals surface area (Å²) < 4.78 is 2.01. The van der Waals surface area contributed by atoms with Gasteiger partial charge in [-0.1, -0.05) is 36.4 Å². The monoisotopic (exact) mass is 508 g/mol. The van der Waals surface area contributed by atoms with Gasteiger partial charge in [0.15, 0.2) is 11.6 Å². The number of rotatable bonds is 9. The normalized spacial score (nSPS) is 12.4. The second-order valence-electron chi connectivity index (χ2n) is 6.55. The lowest BCUT2D eigenvalue weighted by molar-refractivity contribution is 0.168. The van der Waals surface area contributed by atoms with Crippen LogP contribution in [0.5, 0.6) is 0 Å². The summed E-state index contributed by atoms with van der Waals surface area (Å²) in [6, 6.07) is 15.6. The van der Waals surface area contributed by atoms with Crippen LogP contribution >= 0.6 is 24.0 Å². The number of aliphatic hydroxyl groups excluding tert-OH is 1. The summed E-state index contributed by atoms with van der Waals surface area (Å²) in [6.07, 6.45) is 3.84. The maximum atomic E-state index is 10.3. The molecule has 0 aliphatic rings. The highest BCUT2D eigenvalue weighted by molar-refractivity contribution is 14.0. The Hall–Kier alpha value is -2.20. The topological polar surface area (TPSA) is 86.8 Å². The van der Waals surface area contributed by atoms with Crippen molar-refractivity contribution in [2.24, 2.45) is 4.99 Å². The second-order valence-corrected chi connectivity index (χ2v) is 6.55. The molecule has 0 aliphatic carbocycles. The van der Waals surface area contributed by atoms with Gasteiger partial charge in [0, 0.05) is 32.3 Å². The predicted octanol–water partition coefficient (Wildman–Crippen LogP) is 2.96. The SMILES string of the molecule is CCNC(=NCCCc1nnc2ccccn12)NCCC(O)c1ccccc1.I. The molecule has 0 fully saturated rings. The van der Waals surface area contributed by atoms with E-state index in [1.165, 1.54) is 0 Å². The van der Waals surface area contributed by atoms with Gasteiger partial charge >= 0.3 is 0 Å². The first-order valence-corrected chi connectivity index (χ1v) is 9.81. The number of aryl methyl sites for hydroxylation is 1. The first-order valence-electron chi connectivity index (χ1n) is 9.81. The second kappa shape index (κ2) is 12.4. The Bertz CT molecular complexity index is 883. The number of aromatic nitrogens is 3. The first-order chi connectivity index (χ1) is 13.8. The molecule has 0 saturated heterocycles. The van der Waals surface area contributed by atoms with Gasteiger partial charge < -0.3 is 15.7 Å². The highest BCUT2D eigenvalue weighted by Crippen LogP contribution is 2.14. The number of aliphatic imine (C=N–C) groups is 1. The summed E-state index contributed by atoms with van der Waals surface area (Å²) in [6.45, 7) is 4.18. The fourth-order valence-corrected chi connectivity index (χ4v) is 3.00. The van der Waals surface area contributed by atoms with E-state index in [4.69, 9.17) is 0 Å². The van der Waals surface area contributed by atoms with Gasteiger partial charge in [-0.05, 0) is 37.5 Å². The van der Waals surface area contributed by atoms with Crippen LogP contribution in [0.2, 0.25) is 0 Å². The van der Waals surface area contributed by atoms with Crippen LogP contribution in [0.4, 0.5) is 0 Å². The van der Waals surface area contributed by atoms with E-state index in [-0.39, 0.29) is 24.0 Å². The number of fused-ring (bicyclic) bond motifs is 1. The van der Waals surface area contributed by atoms with Crippen molar-refractivity contribution in [2.75, 3.05) is 19.6 Å². The minimum atomic E-state index is -0.474. The maximum absolute atomic E-state index is 10.3. The van der Waals surface area contributed by atoms with E-state index in [1.807, 2.05) is 66.1 Å². The third kappa shape index (κ3) is 6.97. The first kappa shape index (κ1) is 23.1. The zero-order valence-corrected chi connectivity index (χ0v) is 19.0. The van der Waals surface area contributed by atoms with Crippen LogP contribution in [0.25, 0.3) is 5.65 Å². The Morgan fingerprint density at radius 2 is 1.90 bits per heavy atom. The van der Waals surface area contributed by atoms with Crippen LogP contribution in [0.15, 0.2) is 59.7 Å². The molecule has 0 bridgehead atoms. The number of hydrogen-bond acceptors (Lipinski definition) is 4. The number of nitrogens with zero attached hydrogens (tertiary/aromatic N) is 4. The Labute approximate surface area is 188 Å². The smallest absolute Gasteiger partial charge is 0.191 e. The van der Waals surface area contributed by atoms with Crippen LogP contribution in [0.3, 0.4) is 0 Å². The highest BCUT2D eigenvalue weighted by Gasteiger charge is 2.07. The summed E-state index contributed by atoms with van der Waals surface area (Å²) in [7, 11) is 0. The van der Waals surface area contributed by atoms with Gasteiger partial charge in [-0.3, -0.25) is 9.39 Å². The molecule has 29 heavy (non-hydrogen) atoms. The lowest BCUT2D eigenvalue weighted by atomic mass is 10.1. The molecule has 2 heterocycles. The van der Waals surface area contributed by atoms with Crippen molar-refractivity contribution in [1.82, 2.24) is 25.2 Å². The number of guanidine groups is 1. The largest absolute Gasteiger partial charge is 0.388 e.